The third-order valence-corrected chi connectivity index (χ3v) is 3.93. The summed E-state index contributed by atoms with van der Waals surface area (Å²) in [5.41, 5.74) is 0. The third kappa shape index (κ3) is 7.07. The molecule has 1 saturated heterocycles. The number of hydrogen-bond donors (Lipinski definition) is 2. The monoisotopic (exact) mass is 376 g/mol. The Kier molecular flexibility index (Phi) is 7.07. The van der Waals surface area contributed by atoms with Crippen molar-refractivity contribution in [3.63, 3.8) is 0 Å². The first-order chi connectivity index (χ1) is 12.2. The van der Waals surface area contributed by atoms with Gasteiger partial charge in [0, 0.05) is 32.2 Å². The number of rotatable bonds is 6. The van der Waals surface area contributed by atoms with Gasteiger partial charge < -0.3 is 15.4 Å². The Labute approximate surface area is 150 Å². The van der Waals surface area contributed by atoms with Crippen LogP contribution in [0.5, 0.6) is 5.75 Å². The predicted molar refractivity (Wildman–Crippen MR) is 91.9 cm³/mol. The zero-order valence-corrected chi connectivity index (χ0v) is 14.8. The first-order valence-corrected chi connectivity index (χ1v) is 8.43. The smallest absolute Gasteiger partial charge is 0.401 e. The number of halogens is 4. The average Bonchev–Trinajstić information content (AvgIpc) is 2.96. The molecule has 2 N–H and O–H groups in total. The normalized spacial score (nSPS) is 20.1. The molecule has 0 saturated carbocycles. The molecule has 1 aromatic carbocycles. The van der Waals surface area contributed by atoms with Gasteiger partial charge in [-0.1, -0.05) is 6.07 Å². The lowest BCUT2D eigenvalue weighted by molar-refractivity contribution is -0.143. The van der Waals surface area contributed by atoms with Crippen molar-refractivity contribution in [3.05, 3.63) is 30.1 Å². The number of guanidine groups is 1. The maximum absolute atomic E-state index is 13.1. The lowest BCUT2D eigenvalue weighted by Crippen LogP contribution is -2.47. The molecule has 0 aliphatic carbocycles. The van der Waals surface area contributed by atoms with Gasteiger partial charge in [-0.3, -0.25) is 9.89 Å². The Morgan fingerprint density at radius 2 is 2.19 bits per heavy atom. The molecule has 1 heterocycles. The van der Waals surface area contributed by atoms with Crippen LogP contribution in [0.3, 0.4) is 0 Å². The first-order valence-electron chi connectivity index (χ1n) is 8.43. The summed E-state index contributed by atoms with van der Waals surface area (Å²) in [5.74, 6) is 0.559. The Bertz CT molecular complexity index is 609. The van der Waals surface area contributed by atoms with E-state index < -0.39 is 12.7 Å². The first kappa shape index (κ1) is 20.3. The quantitative estimate of drug-likeness (QED) is 0.455. The van der Waals surface area contributed by atoms with E-state index in [4.69, 9.17) is 4.74 Å². The van der Waals surface area contributed by atoms with E-state index >= 15 is 0 Å². The van der Waals surface area contributed by atoms with E-state index in [9.17, 15) is 17.6 Å². The van der Waals surface area contributed by atoms with Gasteiger partial charge in [0.05, 0.1) is 13.1 Å². The van der Waals surface area contributed by atoms with E-state index in [0.717, 1.165) is 0 Å². The van der Waals surface area contributed by atoms with Crippen molar-refractivity contribution in [2.24, 2.45) is 4.99 Å². The Morgan fingerprint density at radius 1 is 1.42 bits per heavy atom. The number of nitrogens with zero attached hydrogens (tertiary/aromatic N) is 2. The molecule has 1 aliphatic rings. The van der Waals surface area contributed by atoms with Crippen LogP contribution in [0.4, 0.5) is 17.6 Å². The summed E-state index contributed by atoms with van der Waals surface area (Å²) in [7, 11) is 1.59. The summed E-state index contributed by atoms with van der Waals surface area (Å²) in [5, 5.41) is 6.20. The summed E-state index contributed by atoms with van der Waals surface area (Å²) in [4.78, 5) is 5.46. The number of hydrogen-bond acceptors (Lipinski definition) is 3. The highest BCUT2D eigenvalue weighted by molar-refractivity contribution is 5.80. The van der Waals surface area contributed by atoms with Gasteiger partial charge >= 0.3 is 6.18 Å². The fourth-order valence-electron chi connectivity index (χ4n) is 2.79. The predicted octanol–water partition coefficient (Wildman–Crippen LogP) is 2.39. The summed E-state index contributed by atoms with van der Waals surface area (Å²) in [6.07, 6.45) is -3.81. The molecule has 146 valence electrons. The molecule has 9 heteroatoms. The maximum Gasteiger partial charge on any atom is 0.401 e. The molecule has 26 heavy (non-hydrogen) atoms. The molecule has 2 rings (SSSR count). The minimum atomic E-state index is -4.18. The molecule has 0 amide bonds. The van der Waals surface area contributed by atoms with E-state index in [2.05, 4.69) is 15.6 Å². The molecule has 1 fully saturated rings. The van der Waals surface area contributed by atoms with E-state index in [1.54, 1.807) is 19.2 Å². The molecular formula is C17H24F4N4O. The van der Waals surface area contributed by atoms with Crippen LogP contribution in [0.1, 0.15) is 13.3 Å². The van der Waals surface area contributed by atoms with Crippen molar-refractivity contribution in [1.82, 2.24) is 15.5 Å². The summed E-state index contributed by atoms with van der Waals surface area (Å²) >= 11 is 0. The van der Waals surface area contributed by atoms with Crippen LogP contribution in [-0.4, -0.2) is 62.4 Å². The number of aliphatic imine (C=N–C) groups is 1. The molecule has 0 bridgehead atoms. The van der Waals surface area contributed by atoms with Gasteiger partial charge in [0.2, 0.25) is 0 Å². The zero-order chi connectivity index (χ0) is 19.2. The van der Waals surface area contributed by atoms with Crippen LogP contribution < -0.4 is 15.4 Å². The van der Waals surface area contributed by atoms with Crippen LogP contribution >= 0.6 is 0 Å². The van der Waals surface area contributed by atoms with Gasteiger partial charge in [0.25, 0.3) is 0 Å². The molecule has 0 radical (unpaired) electrons. The molecule has 0 aromatic heterocycles. The van der Waals surface area contributed by atoms with Crippen molar-refractivity contribution in [3.8, 4) is 5.75 Å². The molecular weight excluding hydrogens is 352 g/mol. The van der Waals surface area contributed by atoms with E-state index in [0.29, 0.717) is 37.8 Å². The molecule has 1 aromatic rings. The second kappa shape index (κ2) is 9.07. The second-order valence-electron chi connectivity index (χ2n) is 6.32. The van der Waals surface area contributed by atoms with Gasteiger partial charge in [0.15, 0.2) is 5.96 Å². The fraction of sp³-hybridized carbons (Fsp3) is 0.588. The average molecular weight is 376 g/mol. The maximum atomic E-state index is 13.1. The number of likely N-dealkylation sites (tertiary alicyclic amines) is 1. The fourth-order valence-corrected chi connectivity index (χ4v) is 2.79. The third-order valence-electron chi connectivity index (χ3n) is 3.93. The van der Waals surface area contributed by atoms with Gasteiger partial charge in [-0.15, -0.1) is 0 Å². The van der Waals surface area contributed by atoms with Gasteiger partial charge in [-0.2, -0.15) is 13.2 Å². The number of alkyl halides is 3. The molecule has 2 unspecified atom stereocenters. The molecule has 5 nitrogen and oxygen atoms in total. The summed E-state index contributed by atoms with van der Waals surface area (Å²) in [6.45, 7) is 2.06. The minimum Gasteiger partial charge on any atom is -0.489 e. The Hall–Kier alpha value is -2.03. The SMILES string of the molecule is CN=C(NCC(C)Oc1cccc(F)c1)NC1CCN(CC(F)(F)F)C1. The van der Waals surface area contributed by atoms with Crippen LogP contribution in [-0.2, 0) is 0 Å². The largest absolute Gasteiger partial charge is 0.489 e. The van der Waals surface area contributed by atoms with Gasteiger partial charge in [0.1, 0.15) is 17.7 Å². The van der Waals surface area contributed by atoms with Crippen LogP contribution in [0, 0.1) is 5.82 Å². The van der Waals surface area contributed by atoms with Crippen LogP contribution in [0.15, 0.2) is 29.3 Å². The van der Waals surface area contributed by atoms with Crippen molar-refractivity contribution < 1.29 is 22.3 Å². The van der Waals surface area contributed by atoms with Crippen molar-refractivity contribution in [2.75, 3.05) is 33.2 Å². The Morgan fingerprint density at radius 3 is 2.85 bits per heavy atom. The Balaban J connectivity index is 1.74. The lowest BCUT2D eigenvalue weighted by atomic mass is 10.3. The second-order valence-corrected chi connectivity index (χ2v) is 6.32. The molecule has 2 atom stereocenters. The highest BCUT2D eigenvalue weighted by Crippen LogP contribution is 2.20. The van der Waals surface area contributed by atoms with Crippen LogP contribution in [0.25, 0.3) is 0 Å². The van der Waals surface area contributed by atoms with E-state index in [1.807, 2.05) is 6.92 Å². The van der Waals surface area contributed by atoms with Crippen molar-refractivity contribution >= 4 is 5.96 Å². The van der Waals surface area contributed by atoms with Gasteiger partial charge in [-0.25, -0.2) is 4.39 Å². The number of benzene rings is 1. The van der Waals surface area contributed by atoms with E-state index in [1.165, 1.54) is 17.0 Å². The lowest BCUT2D eigenvalue weighted by Gasteiger charge is -2.21. The van der Waals surface area contributed by atoms with Crippen molar-refractivity contribution in [2.45, 2.75) is 31.7 Å². The minimum absolute atomic E-state index is 0.0945. The zero-order valence-electron chi connectivity index (χ0n) is 14.8. The van der Waals surface area contributed by atoms with Crippen molar-refractivity contribution in [1.29, 1.82) is 0 Å². The van der Waals surface area contributed by atoms with Gasteiger partial charge in [-0.05, 0) is 25.5 Å². The summed E-state index contributed by atoms with van der Waals surface area (Å²) in [6, 6.07) is 5.78. The summed E-state index contributed by atoms with van der Waals surface area (Å²) < 4.78 is 56.1. The number of ether oxygens (including phenoxy) is 1. The van der Waals surface area contributed by atoms with E-state index in [-0.39, 0.29) is 18.0 Å². The highest BCUT2D eigenvalue weighted by Gasteiger charge is 2.34. The van der Waals surface area contributed by atoms with Crippen LogP contribution in [0.2, 0.25) is 0 Å². The molecule has 1 aliphatic heterocycles. The number of nitrogens with one attached hydrogen (secondary N) is 2. The topological polar surface area (TPSA) is 48.9 Å². The standard InChI is InChI=1S/C17H24F4N4O/c1-12(26-15-5-3-4-13(18)8-15)9-23-16(22-2)24-14-6-7-25(10-14)11-17(19,20)21/h3-5,8,12,14H,6-7,9-11H2,1-2H3,(H2,22,23,24). The highest BCUT2D eigenvalue weighted by atomic mass is 19.4. The molecule has 0 spiro atoms.